The quantitative estimate of drug-likeness (QED) is 0.737. The van der Waals surface area contributed by atoms with Gasteiger partial charge < -0.3 is 4.90 Å². The Bertz CT molecular complexity index is 323. The van der Waals surface area contributed by atoms with Crippen LogP contribution < -0.4 is 0 Å². The first-order valence-corrected chi connectivity index (χ1v) is 5.62. The summed E-state index contributed by atoms with van der Waals surface area (Å²) in [7, 11) is 2.09. The van der Waals surface area contributed by atoms with Crippen molar-refractivity contribution in [2.24, 2.45) is 4.99 Å². The maximum Gasteiger partial charge on any atom is 0.159 e. The molecule has 4 heteroatoms. The number of hydrogen-bond acceptors (Lipinski definition) is 4. The highest BCUT2D eigenvalue weighted by molar-refractivity contribution is 8.13. The van der Waals surface area contributed by atoms with Gasteiger partial charge in [-0.2, -0.15) is 0 Å². The maximum atomic E-state index is 4.42. The topological polar surface area (TPSA) is 28.5 Å². The van der Waals surface area contributed by atoms with Crippen molar-refractivity contribution < 1.29 is 0 Å². The summed E-state index contributed by atoms with van der Waals surface area (Å²) in [4.78, 5) is 10.7. The van der Waals surface area contributed by atoms with E-state index in [2.05, 4.69) is 28.0 Å². The molecule has 1 aliphatic rings. The van der Waals surface area contributed by atoms with Gasteiger partial charge in [0.25, 0.3) is 0 Å². The minimum Gasteiger partial charge on any atom is -0.353 e. The SMILES string of the molecule is CN1CCN=C1SCc1cccnc1. The van der Waals surface area contributed by atoms with Crippen molar-refractivity contribution in [1.82, 2.24) is 9.88 Å². The van der Waals surface area contributed by atoms with Crippen LogP contribution in [0.5, 0.6) is 0 Å². The normalized spacial score (nSPS) is 15.8. The van der Waals surface area contributed by atoms with Crippen molar-refractivity contribution in [2.45, 2.75) is 5.75 Å². The molecule has 1 aromatic rings. The lowest BCUT2D eigenvalue weighted by Gasteiger charge is -2.12. The number of pyridine rings is 1. The molecule has 2 rings (SSSR count). The zero-order valence-electron chi connectivity index (χ0n) is 8.18. The van der Waals surface area contributed by atoms with Gasteiger partial charge in [0.15, 0.2) is 5.17 Å². The van der Waals surface area contributed by atoms with E-state index in [9.17, 15) is 0 Å². The van der Waals surface area contributed by atoms with E-state index in [0.29, 0.717) is 0 Å². The molecule has 0 radical (unpaired) electrons. The number of likely N-dealkylation sites (N-methyl/N-ethyl adjacent to an activating group) is 1. The smallest absolute Gasteiger partial charge is 0.159 e. The van der Waals surface area contributed by atoms with Crippen molar-refractivity contribution in [3.63, 3.8) is 0 Å². The average Bonchev–Trinajstić information content (AvgIpc) is 2.63. The Kier molecular flexibility index (Phi) is 3.03. The molecule has 0 N–H and O–H groups in total. The first-order chi connectivity index (χ1) is 6.86. The first-order valence-electron chi connectivity index (χ1n) is 4.63. The molecule has 14 heavy (non-hydrogen) atoms. The molecule has 1 aliphatic heterocycles. The molecule has 0 aliphatic carbocycles. The number of nitrogens with zero attached hydrogens (tertiary/aromatic N) is 3. The zero-order valence-corrected chi connectivity index (χ0v) is 9.00. The second-order valence-corrected chi connectivity index (χ2v) is 4.18. The van der Waals surface area contributed by atoms with Crippen LogP contribution in [0.2, 0.25) is 0 Å². The van der Waals surface area contributed by atoms with Crippen LogP contribution in [0.25, 0.3) is 0 Å². The Balaban J connectivity index is 1.89. The molecule has 0 spiro atoms. The van der Waals surface area contributed by atoms with Crippen LogP contribution >= 0.6 is 11.8 Å². The Morgan fingerprint density at radius 1 is 1.57 bits per heavy atom. The van der Waals surface area contributed by atoms with Crippen LogP contribution in [-0.2, 0) is 5.75 Å². The van der Waals surface area contributed by atoms with Crippen LogP contribution in [0.1, 0.15) is 5.56 Å². The van der Waals surface area contributed by atoms with Crippen molar-refractivity contribution >= 4 is 16.9 Å². The molecule has 1 aromatic heterocycles. The summed E-state index contributed by atoms with van der Waals surface area (Å²) in [6.07, 6.45) is 3.70. The van der Waals surface area contributed by atoms with Gasteiger partial charge in [0.2, 0.25) is 0 Å². The second kappa shape index (κ2) is 4.46. The van der Waals surface area contributed by atoms with E-state index >= 15 is 0 Å². The van der Waals surface area contributed by atoms with Crippen LogP contribution in [-0.4, -0.2) is 35.2 Å². The third kappa shape index (κ3) is 2.26. The van der Waals surface area contributed by atoms with E-state index in [1.54, 1.807) is 18.0 Å². The lowest BCUT2D eigenvalue weighted by molar-refractivity contribution is 0.564. The molecule has 3 nitrogen and oxygen atoms in total. The van der Waals surface area contributed by atoms with Crippen LogP contribution in [0, 0.1) is 0 Å². The highest BCUT2D eigenvalue weighted by atomic mass is 32.2. The summed E-state index contributed by atoms with van der Waals surface area (Å²) in [5.74, 6) is 0.955. The molecule has 0 bridgehead atoms. The van der Waals surface area contributed by atoms with Crippen LogP contribution in [0.4, 0.5) is 0 Å². The molecule has 0 saturated heterocycles. The van der Waals surface area contributed by atoms with Crippen molar-refractivity contribution in [3.8, 4) is 0 Å². The third-order valence-corrected chi connectivity index (χ3v) is 3.28. The average molecular weight is 207 g/mol. The van der Waals surface area contributed by atoms with E-state index in [-0.39, 0.29) is 0 Å². The fraction of sp³-hybridized carbons (Fsp3) is 0.400. The molecule has 0 amide bonds. The summed E-state index contributed by atoms with van der Waals surface area (Å²) in [6, 6.07) is 4.06. The van der Waals surface area contributed by atoms with Gasteiger partial charge in [0, 0.05) is 31.7 Å². The summed E-state index contributed by atoms with van der Waals surface area (Å²) in [5.41, 5.74) is 1.25. The van der Waals surface area contributed by atoms with E-state index in [0.717, 1.165) is 24.0 Å². The van der Waals surface area contributed by atoms with Gasteiger partial charge in [-0.25, -0.2) is 0 Å². The monoisotopic (exact) mass is 207 g/mol. The number of hydrogen-bond donors (Lipinski definition) is 0. The number of thioether (sulfide) groups is 1. The molecule has 0 aromatic carbocycles. The van der Waals surface area contributed by atoms with Gasteiger partial charge in [-0.3, -0.25) is 9.98 Å². The molecular formula is C10H13N3S. The Hall–Kier alpha value is -1.03. The molecular weight excluding hydrogens is 194 g/mol. The Morgan fingerprint density at radius 2 is 2.50 bits per heavy atom. The highest BCUT2D eigenvalue weighted by Crippen LogP contribution is 2.17. The Labute approximate surface area is 88.2 Å². The largest absolute Gasteiger partial charge is 0.353 e. The number of aliphatic imine (C=N–C) groups is 1. The Morgan fingerprint density at radius 3 is 3.14 bits per heavy atom. The summed E-state index contributed by atoms with van der Waals surface area (Å²) >= 11 is 1.78. The second-order valence-electron chi connectivity index (χ2n) is 3.24. The fourth-order valence-electron chi connectivity index (χ4n) is 1.30. The molecule has 0 atom stereocenters. The highest BCUT2D eigenvalue weighted by Gasteiger charge is 2.12. The van der Waals surface area contributed by atoms with Crippen molar-refractivity contribution in [2.75, 3.05) is 20.1 Å². The number of amidine groups is 1. The third-order valence-electron chi connectivity index (χ3n) is 2.10. The maximum absolute atomic E-state index is 4.42. The predicted molar refractivity (Wildman–Crippen MR) is 60.5 cm³/mol. The lowest BCUT2D eigenvalue weighted by atomic mass is 10.3. The van der Waals surface area contributed by atoms with Gasteiger partial charge in [0.1, 0.15) is 0 Å². The zero-order chi connectivity index (χ0) is 9.80. The molecule has 0 unspecified atom stereocenters. The van der Waals surface area contributed by atoms with Gasteiger partial charge in [-0.15, -0.1) is 0 Å². The van der Waals surface area contributed by atoms with Crippen molar-refractivity contribution in [3.05, 3.63) is 30.1 Å². The van der Waals surface area contributed by atoms with Gasteiger partial charge >= 0.3 is 0 Å². The lowest BCUT2D eigenvalue weighted by Crippen LogP contribution is -2.19. The van der Waals surface area contributed by atoms with E-state index < -0.39 is 0 Å². The van der Waals surface area contributed by atoms with Crippen LogP contribution in [0.3, 0.4) is 0 Å². The molecule has 0 fully saturated rings. The van der Waals surface area contributed by atoms with E-state index in [4.69, 9.17) is 0 Å². The van der Waals surface area contributed by atoms with Gasteiger partial charge in [-0.05, 0) is 11.6 Å². The molecule has 0 saturated carbocycles. The fourth-order valence-corrected chi connectivity index (χ4v) is 2.26. The number of rotatable bonds is 2. The molecule has 74 valence electrons. The standard InChI is InChI=1S/C10H13N3S/c1-13-6-5-12-10(13)14-8-9-3-2-4-11-7-9/h2-4,7H,5-6,8H2,1H3. The van der Waals surface area contributed by atoms with Crippen molar-refractivity contribution in [1.29, 1.82) is 0 Å². The summed E-state index contributed by atoms with van der Waals surface area (Å²) < 4.78 is 0. The molecule has 2 heterocycles. The van der Waals surface area contributed by atoms with Gasteiger partial charge in [-0.1, -0.05) is 17.8 Å². The minimum absolute atomic E-state index is 0.936. The number of aromatic nitrogens is 1. The van der Waals surface area contributed by atoms with Gasteiger partial charge in [0.05, 0.1) is 6.54 Å². The first kappa shape index (κ1) is 9.52. The predicted octanol–water partition coefficient (Wildman–Crippen LogP) is 1.62. The van der Waals surface area contributed by atoms with Crippen LogP contribution in [0.15, 0.2) is 29.5 Å². The summed E-state index contributed by atoms with van der Waals surface area (Å²) in [5, 5.41) is 1.15. The minimum atomic E-state index is 0.936. The summed E-state index contributed by atoms with van der Waals surface area (Å²) in [6.45, 7) is 1.99. The van der Waals surface area contributed by atoms with E-state index in [1.807, 2.05) is 12.3 Å². The van der Waals surface area contributed by atoms with E-state index in [1.165, 1.54) is 5.56 Å².